The van der Waals surface area contributed by atoms with E-state index in [1.165, 1.54) is 16.4 Å². The standard InChI is InChI=1S/C25H32FN3O4S/c1-18(2)23(25(31)27-15-14-19-7-4-3-5-8-19)28-24(30)20-9-6-16-29(17-20)34(32,33)22-12-10-21(26)11-13-22/h3-5,7-8,10-13,18,20,23H,6,9,14-17H2,1-2H3,(H,27,31)(H,28,30). The average molecular weight is 490 g/mol. The first-order chi connectivity index (χ1) is 16.2. The maximum Gasteiger partial charge on any atom is 0.243 e. The first-order valence-electron chi connectivity index (χ1n) is 11.6. The number of hydrogen-bond donors (Lipinski definition) is 2. The summed E-state index contributed by atoms with van der Waals surface area (Å²) >= 11 is 0. The van der Waals surface area contributed by atoms with Crippen LogP contribution in [-0.4, -0.2) is 50.2 Å². The summed E-state index contributed by atoms with van der Waals surface area (Å²) in [6.07, 6.45) is 1.74. The Bertz CT molecular complexity index is 1080. The van der Waals surface area contributed by atoms with E-state index in [0.717, 1.165) is 17.7 Å². The number of piperidine rings is 1. The fraction of sp³-hybridized carbons (Fsp3) is 0.440. The van der Waals surface area contributed by atoms with E-state index in [1.54, 1.807) is 0 Å². The van der Waals surface area contributed by atoms with Gasteiger partial charge in [-0.2, -0.15) is 4.31 Å². The second kappa shape index (κ2) is 11.6. The van der Waals surface area contributed by atoms with Gasteiger partial charge in [-0.05, 0) is 55.0 Å². The van der Waals surface area contributed by atoms with Gasteiger partial charge in [0.25, 0.3) is 0 Å². The fourth-order valence-electron chi connectivity index (χ4n) is 4.02. The molecule has 1 heterocycles. The van der Waals surface area contributed by atoms with Gasteiger partial charge in [-0.3, -0.25) is 9.59 Å². The first kappa shape index (κ1) is 25.8. The molecular formula is C25H32FN3O4S. The van der Waals surface area contributed by atoms with Gasteiger partial charge in [0.2, 0.25) is 21.8 Å². The Morgan fingerprint density at radius 1 is 1.09 bits per heavy atom. The molecule has 1 saturated heterocycles. The first-order valence-corrected chi connectivity index (χ1v) is 13.0. The molecule has 1 aliphatic rings. The number of amides is 2. The number of sulfonamides is 1. The van der Waals surface area contributed by atoms with Crippen molar-refractivity contribution < 1.29 is 22.4 Å². The van der Waals surface area contributed by atoms with Gasteiger partial charge in [-0.25, -0.2) is 12.8 Å². The monoisotopic (exact) mass is 489 g/mol. The van der Waals surface area contributed by atoms with Crippen LogP contribution in [0.5, 0.6) is 0 Å². The Morgan fingerprint density at radius 2 is 1.76 bits per heavy atom. The van der Waals surface area contributed by atoms with Crippen LogP contribution in [0.15, 0.2) is 59.5 Å². The zero-order valence-electron chi connectivity index (χ0n) is 19.5. The lowest BCUT2D eigenvalue weighted by Crippen LogP contribution is -2.53. The summed E-state index contributed by atoms with van der Waals surface area (Å²) in [6.45, 7) is 4.47. The minimum Gasteiger partial charge on any atom is -0.354 e. The van der Waals surface area contributed by atoms with Crippen LogP contribution in [0.1, 0.15) is 32.3 Å². The third kappa shape index (κ3) is 6.64. The molecule has 2 aromatic rings. The zero-order chi connectivity index (χ0) is 24.7. The van der Waals surface area contributed by atoms with Gasteiger partial charge in [0.1, 0.15) is 11.9 Å². The molecule has 3 rings (SSSR count). The SMILES string of the molecule is CC(C)C(NC(=O)C1CCCN(S(=O)(=O)c2ccc(F)cc2)C1)C(=O)NCCc1ccccc1. The van der Waals surface area contributed by atoms with Crippen LogP contribution in [0.25, 0.3) is 0 Å². The van der Waals surface area contributed by atoms with Crippen molar-refractivity contribution in [2.45, 2.75) is 44.0 Å². The van der Waals surface area contributed by atoms with Gasteiger partial charge in [-0.15, -0.1) is 0 Å². The Hall–Kier alpha value is -2.78. The van der Waals surface area contributed by atoms with Crippen molar-refractivity contribution in [1.29, 1.82) is 0 Å². The number of nitrogens with zero attached hydrogens (tertiary/aromatic N) is 1. The molecule has 184 valence electrons. The molecule has 7 nitrogen and oxygen atoms in total. The van der Waals surface area contributed by atoms with E-state index in [2.05, 4.69) is 10.6 Å². The minimum absolute atomic E-state index is 0.00666. The molecule has 2 N–H and O–H groups in total. The summed E-state index contributed by atoms with van der Waals surface area (Å²) in [5, 5.41) is 5.72. The summed E-state index contributed by atoms with van der Waals surface area (Å²) in [5.41, 5.74) is 1.11. The van der Waals surface area contributed by atoms with E-state index in [4.69, 9.17) is 0 Å². The van der Waals surface area contributed by atoms with Crippen molar-refractivity contribution in [2.24, 2.45) is 11.8 Å². The van der Waals surface area contributed by atoms with E-state index in [0.29, 0.717) is 25.8 Å². The highest BCUT2D eigenvalue weighted by atomic mass is 32.2. The van der Waals surface area contributed by atoms with Crippen molar-refractivity contribution in [3.05, 3.63) is 66.0 Å². The smallest absolute Gasteiger partial charge is 0.243 e. The second-order valence-corrected chi connectivity index (χ2v) is 10.9. The number of rotatable bonds is 9. The van der Waals surface area contributed by atoms with E-state index in [9.17, 15) is 22.4 Å². The van der Waals surface area contributed by atoms with Gasteiger partial charge in [0.05, 0.1) is 10.8 Å². The van der Waals surface area contributed by atoms with Crippen LogP contribution >= 0.6 is 0 Å². The molecule has 1 fully saturated rings. The fourth-order valence-corrected chi connectivity index (χ4v) is 5.54. The summed E-state index contributed by atoms with van der Waals surface area (Å²) in [4.78, 5) is 25.8. The van der Waals surface area contributed by atoms with E-state index >= 15 is 0 Å². The third-order valence-corrected chi connectivity index (χ3v) is 7.89. The lowest BCUT2D eigenvalue weighted by Gasteiger charge is -2.32. The molecule has 0 radical (unpaired) electrons. The quantitative estimate of drug-likeness (QED) is 0.566. The maximum atomic E-state index is 13.2. The van der Waals surface area contributed by atoms with Crippen molar-refractivity contribution in [2.75, 3.05) is 19.6 Å². The number of carbonyl (C=O) groups excluding carboxylic acids is 2. The molecule has 0 aliphatic carbocycles. The molecule has 1 aliphatic heterocycles. The molecule has 0 saturated carbocycles. The number of carbonyl (C=O) groups is 2. The summed E-state index contributed by atoms with van der Waals surface area (Å²) in [6, 6.07) is 13.7. The highest BCUT2D eigenvalue weighted by Gasteiger charge is 2.35. The lowest BCUT2D eigenvalue weighted by molar-refractivity contribution is -0.132. The molecule has 2 atom stereocenters. The minimum atomic E-state index is -3.84. The van der Waals surface area contributed by atoms with Crippen LogP contribution < -0.4 is 10.6 Å². The van der Waals surface area contributed by atoms with Crippen LogP contribution in [0, 0.1) is 17.7 Å². The number of benzene rings is 2. The van der Waals surface area contributed by atoms with Crippen molar-refractivity contribution in [3.8, 4) is 0 Å². The Labute approximate surface area is 200 Å². The van der Waals surface area contributed by atoms with Crippen molar-refractivity contribution in [3.63, 3.8) is 0 Å². The van der Waals surface area contributed by atoms with Gasteiger partial charge in [0, 0.05) is 19.6 Å². The second-order valence-electron chi connectivity index (χ2n) is 8.91. The molecule has 2 unspecified atom stereocenters. The average Bonchev–Trinajstić information content (AvgIpc) is 2.83. The largest absolute Gasteiger partial charge is 0.354 e. The van der Waals surface area contributed by atoms with E-state index < -0.39 is 27.8 Å². The highest BCUT2D eigenvalue weighted by Crippen LogP contribution is 2.24. The predicted octanol–water partition coefficient (Wildman–Crippen LogP) is 2.73. The van der Waals surface area contributed by atoms with Crippen molar-refractivity contribution in [1.82, 2.24) is 14.9 Å². The number of nitrogens with one attached hydrogen (secondary N) is 2. The summed E-state index contributed by atoms with van der Waals surface area (Å²) < 4.78 is 40.4. The van der Waals surface area contributed by atoms with Gasteiger partial charge >= 0.3 is 0 Å². The normalized spacial score (nSPS) is 17.8. The van der Waals surface area contributed by atoms with Crippen LogP contribution in [0.3, 0.4) is 0 Å². The Morgan fingerprint density at radius 3 is 2.41 bits per heavy atom. The maximum absolute atomic E-state index is 13.2. The predicted molar refractivity (Wildman–Crippen MR) is 128 cm³/mol. The molecule has 0 bridgehead atoms. The zero-order valence-corrected chi connectivity index (χ0v) is 20.4. The summed E-state index contributed by atoms with van der Waals surface area (Å²) in [7, 11) is -3.84. The number of hydrogen-bond acceptors (Lipinski definition) is 4. The van der Waals surface area contributed by atoms with E-state index in [1.807, 2.05) is 44.2 Å². The van der Waals surface area contributed by atoms with Gasteiger partial charge in [-0.1, -0.05) is 44.2 Å². The summed E-state index contributed by atoms with van der Waals surface area (Å²) in [5.74, 6) is -1.82. The van der Waals surface area contributed by atoms with Crippen LogP contribution in [0.4, 0.5) is 4.39 Å². The van der Waals surface area contributed by atoms with Gasteiger partial charge < -0.3 is 10.6 Å². The molecule has 2 aromatic carbocycles. The van der Waals surface area contributed by atoms with Crippen molar-refractivity contribution >= 4 is 21.8 Å². The molecular weight excluding hydrogens is 457 g/mol. The Balaban J connectivity index is 1.59. The topological polar surface area (TPSA) is 95.6 Å². The lowest BCUT2D eigenvalue weighted by atomic mass is 9.96. The third-order valence-electron chi connectivity index (χ3n) is 6.01. The highest BCUT2D eigenvalue weighted by molar-refractivity contribution is 7.89. The van der Waals surface area contributed by atoms with Gasteiger partial charge in [0.15, 0.2) is 0 Å². The Kier molecular flexibility index (Phi) is 8.79. The van der Waals surface area contributed by atoms with Crippen LogP contribution in [0.2, 0.25) is 0 Å². The molecule has 0 spiro atoms. The molecule has 34 heavy (non-hydrogen) atoms. The molecule has 9 heteroatoms. The molecule has 2 amide bonds. The van der Waals surface area contributed by atoms with Crippen LogP contribution in [-0.2, 0) is 26.0 Å². The van der Waals surface area contributed by atoms with E-state index in [-0.39, 0.29) is 35.7 Å². The molecule has 0 aromatic heterocycles. The number of halogens is 1.